The van der Waals surface area contributed by atoms with E-state index in [9.17, 15) is 13.9 Å². The van der Waals surface area contributed by atoms with Gasteiger partial charge in [-0.1, -0.05) is 27.2 Å². The molecule has 1 atom stereocenters. The highest BCUT2D eigenvalue weighted by Crippen LogP contribution is 2.31. The summed E-state index contributed by atoms with van der Waals surface area (Å²) < 4.78 is 37.4. The van der Waals surface area contributed by atoms with Gasteiger partial charge in [-0.3, -0.25) is 0 Å². The van der Waals surface area contributed by atoms with E-state index >= 15 is 0 Å². The molecular weight excluding hydrogens is 546 g/mol. The lowest BCUT2D eigenvalue weighted by Crippen LogP contribution is -2.37. The zero-order chi connectivity index (χ0) is 24.4. The van der Waals surface area contributed by atoms with Gasteiger partial charge in [-0.15, -0.1) is 15.3 Å². The normalized spacial score (nSPS) is 13.1. The summed E-state index contributed by atoms with van der Waals surface area (Å²) in [6, 6.07) is 10.4. The molecule has 0 bridgehead atoms. The first-order valence-corrected chi connectivity index (χ1v) is 11.7. The van der Waals surface area contributed by atoms with Crippen LogP contribution in [-0.2, 0) is 18.7 Å². The van der Waals surface area contributed by atoms with Crippen LogP contribution in [0.3, 0.4) is 0 Å². The third-order valence-corrected chi connectivity index (χ3v) is 6.22. The molecule has 10 nitrogen and oxygen atoms in total. The molecule has 0 aliphatic rings. The lowest BCUT2D eigenvalue weighted by atomic mass is 9.93. The van der Waals surface area contributed by atoms with Crippen molar-refractivity contribution in [1.82, 2.24) is 40.0 Å². The summed E-state index contributed by atoms with van der Waals surface area (Å²) in [6.07, 6.45) is 4.22. The summed E-state index contributed by atoms with van der Waals surface area (Å²) in [6.45, 7) is -0.352. The van der Waals surface area contributed by atoms with Crippen molar-refractivity contribution in [2.24, 2.45) is 0 Å². The molecule has 0 aliphatic heterocycles. The topological polar surface area (TPSA) is 121 Å². The van der Waals surface area contributed by atoms with Crippen molar-refractivity contribution in [1.29, 1.82) is 0 Å². The van der Waals surface area contributed by atoms with Crippen molar-refractivity contribution in [2.75, 3.05) is 0 Å². The second-order valence-electron chi connectivity index (χ2n) is 7.49. The third kappa shape index (κ3) is 5.28. The smallest absolute Gasteiger partial charge is 0.283 e. The lowest BCUT2D eigenvalue weighted by molar-refractivity contribution is -0.00893. The Morgan fingerprint density at radius 1 is 1.03 bits per heavy atom. The largest absolute Gasteiger partial charge is 0.411 e. The van der Waals surface area contributed by atoms with Crippen LogP contribution in [0.25, 0.3) is 11.5 Å². The Hall–Kier alpha value is -3.49. The van der Waals surface area contributed by atoms with Gasteiger partial charge >= 0.3 is 0 Å². The highest BCUT2D eigenvalue weighted by molar-refractivity contribution is 9.10. The van der Waals surface area contributed by atoms with Crippen LogP contribution in [0.5, 0.6) is 0 Å². The summed E-state index contributed by atoms with van der Waals surface area (Å²) in [5, 5.41) is 32.2. The van der Waals surface area contributed by atoms with Gasteiger partial charge in [0.05, 0.1) is 19.3 Å². The van der Waals surface area contributed by atoms with Gasteiger partial charge < -0.3 is 9.52 Å². The number of halogens is 3. The zero-order valence-corrected chi connectivity index (χ0v) is 20.1. The van der Waals surface area contributed by atoms with Crippen LogP contribution < -0.4 is 0 Å². The van der Waals surface area contributed by atoms with Gasteiger partial charge in [-0.05, 0) is 42.1 Å². The molecule has 178 valence electrons. The van der Waals surface area contributed by atoms with E-state index in [1.165, 1.54) is 28.1 Å². The maximum absolute atomic E-state index is 14.6. The first-order chi connectivity index (χ1) is 16.9. The number of hydrogen-bond acceptors (Lipinski definition) is 9. The number of aliphatic hydroxyl groups is 1. The highest BCUT2D eigenvalue weighted by atomic mass is 79.9. The van der Waals surface area contributed by atoms with Gasteiger partial charge in [0.15, 0.2) is 0 Å². The summed E-state index contributed by atoms with van der Waals surface area (Å²) >= 11 is 4.46. The van der Waals surface area contributed by atoms with Crippen molar-refractivity contribution in [3.05, 3.63) is 83.0 Å². The van der Waals surface area contributed by atoms with Crippen LogP contribution in [0.2, 0.25) is 0 Å². The fourth-order valence-electron chi connectivity index (χ4n) is 3.39. The second kappa shape index (κ2) is 9.64. The van der Waals surface area contributed by atoms with Crippen molar-refractivity contribution in [3.8, 4) is 11.5 Å². The minimum atomic E-state index is -1.83. The van der Waals surface area contributed by atoms with Crippen LogP contribution in [0, 0.1) is 11.6 Å². The van der Waals surface area contributed by atoms with Gasteiger partial charge in [0.25, 0.3) is 5.22 Å². The molecule has 5 rings (SSSR count). The fraction of sp³-hybridized carbons (Fsp3) is 0.143. The zero-order valence-electron chi connectivity index (χ0n) is 17.7. The number of hydrogen-bond donors (Lipinski definition) is 1. The Morgan fingerprint density at radius 3 is 2.57 bits per heavy atom. The van der Waals surface area contributed by atoms with Crippen LogP contribution in [0.15, 0.2) is 80.5 Å². The van der Waals surface area contributed by atoms with Crippen LogP contribution >= 0.6 is 27.7 Å². The van der Waals surface area contributed by atoms with Crippen LogP contribution in [0.4, 0.5) is 8.78 Å². The molecule has 0 saturated heterocycles. The van der Waals surface area contributed by atoms with E-state index < -0.39 is 17.2 Å². The van der Waals surface area contributed by atoms with Gasteiger partial charge in [-0.25, -0.2) is 23.1 Å². The van der Waals surface area contributed by atoms with Gasteiger partial charge in [0, 0.05) is 21.7 Å². The average molecular weight is 561 g/mol. The molecule has 3 aromatic heterocycles. The van der Waals surface area contributed by atoms with E-state index in [2.05, 4.69) is 46.5 Å². The second-order valence-corrected chi connectivity index (χ2v) is 9.37. The van der Waals surface area contributed by atoms with E-state index in [0.29, 0.717) is 17.0 Å². The standard InChI is InChI=1S/C21H15BrF2N8O2S/c22-14-3-1-13(2-4-14)19-28-29-20(34-19)35-18-8-31(30-27-18)9-21(33,10-32-12-25-11-26-32)16-6-5-15(23)7-17(16)24/h1-8,11-12,33H,9-10H2. The van der Waals surface area contributed by atoms with Crippen molar-refractivity contribution in [3.63, 3.8) is 0 Å². The number of nitrogens with zero attached hydrogens (tertiary/aromatic N) is 8. The molecule has 1 N–H and O–H groups in total. The number of aromatic nitrogens is 8. The molecule has 5 aromatic rings. The number of benzene rings is 2. The maximum atomic E-state index is 14.6. The molecule has 0 fully saturated rings. The Balaban J connectivity index is 1.36. The van der Waals surface area contributed by atoms with E-state index in [1.54, 1.807) is 6.20 Å². The predicted octanol–water partition coefficient (Wildman–Crippen LogP) is 3.70. The van der Waals surface area contributed by atoms with E-state index in [4.69, 9.17) is 4.42 Å². The van der Waals surface area contributed by atoms with Gasteiger partial charge in [0.2, 0.25) is 5.89 Å². The molecule has 1 unspecified atom stereocenters. The first kappa shape index (κ1) is 23.3. The molecule has 3 heterocycles. The van der Waals surface area contributed by atoms with Crippen molar-refractivity contribution in [2.45, 2.75) is 28.9 Å². The average Bonchev–Trinajstić information content (AvgIpc) is 3.58. The Labute approximate surface area is 209 Å². The molecule has 0 aliphatic carbocycles. The SMILES string of the molecule is OC(Cn1cncn1)(Cn1cc(Sc2nnc(-c3ccc(Br)cc3)o2)nn1)c1ccc(F)cc1F. The predicted molar refractivity (Wildman–Crippen MR) is 122 cm³/mol. The fourth-order valence-corrected chi connectivity index (χ4v) is 4.29. The summed E-state index contributed by atoms with van der Waals surface area (Å²) in [5.41, 5.74) is -1.19. The van der Waals surface area contributed by atoms with Gasteiger partial charge in [0.1, 0.15) is 34.9 Å². The van der Waals surface area contributed by atoms with E-state index in [0.717, 1.165) is 27.9 Å². The van der Waals surface area contributed by atoms with E-state index in [1.807, 2.05) is 24.3 Å². The monoisotopic (exact) mass is 560 g/mol. The highest BCUT2D eigenvalue weighted by Gasteiger charge is 2.35. The molecule has 0 saturated carbocycles. The summed E-state index contributed by atoms with van der Waals surface area (Å²) in [4.78, 5) is 3.85. The van der Waals surface area contributed by atoms with Gasteiger partial charge in [-0.2, -0.15) is 5.10 Å². The first-order valence-electron chi connectivity index (χ1n) is 10.1. The molecular formula is C21H15BrF2N8O2S. The van der Waals surface area contributed by atoms with Crippen molar-refractivity contribution >= 4 is 27.7 Å². The molecule has 2 aromatic carbocycles. The summed E-state index contributed by atoms with van der Waals surface area (Å²) in [7, 11) is 0. The number of rotatable bonds is 8. The van der Waals surface area contributed by atoms with Crippen LogP contribution in [0.1, 0.15) is 5.56 Å². The maximum Gasteiger partial charge on any atom is 0.283 e. The molecule has 0 spiro atoms. The minimum Gasteiger partial charge on any atom is -0.411 e. The molecule has 0 radical (unpaired) electrons. The Kier molecular flexibility index (Phi) is 6.40. The molecule has 35 heavy (non-hydrogen) atoms. The Bertz CT molecular complexity index is 1440. The Morgan fingerprint density at radius 2 is 1.83 bits per heavy atom. The van der Waals surface area contributed by atoms with Crippen molar-refractivity contribution < 1.29 is 18.3 Å². The quantitative estimate of drug-likeness (QED) is 0.302. The lowest BCUT2D eigenvalue weighted by Gasteiger charge is -2.28. The van der Waals surface area contributed by atoms with Crippen LogP contribution in [-0.4, -0.2) is 45.1 Å². The van der Waals surface area contributed by atoms with E-state index in [-0.39, 0.29) is 23.9 Å². The summed E-state index contributed by atoms with van der Waals surface area (Å²) in [5.74, 6) is -1.30. The third-order valence-electron chi connectivity index (χ3n) is 4.95. The molecule has 14 heteroatoms. The minimum absolute atomic E-state index is 0.116. The molecule has 0 amide bonds.